The van der Waals surface area contributed by atoms with Gasteiger partial charge in [0.05, 0.1) is 13.2 Å². The number of hydrazine groups is 1. The summed E-state index contributed by atoms with van der Waals surface area (Å²) in [5, 5.41) is 5.83. The summed E-state index contributed by atoms with van der Waals surface area (Å²) < 4.78 is 10.5. The third-order valence-corrected chi connectivity index (χ3v) is 5.26. The molecule has 5 rings (SSSR count). The molecular weight excluding hydrogens is 384 g/mol. The zero-order chi connectivity index (χ0) is 20.5. The molecule has 1 fully saturated rings. The molecule has 0 saturated carbocycles. The lowest BCUT2D eigenvalue weighted by Crippen LogP contribution is -2.47. The quantitative estimate of drug-likeness (QED) is 0.692. The fourth-order valence-electron chi connectivity index (χ4n) is 3.68. The van der Waals surface area contributed by atoms with Crippen molar-refractivity contribution >= 4 is 5.91 Å². The number of benzene rings is 1. The van der Waals surface area contributed by atoms with Gasteiger partial charge in [-0.3, -0.25) is 9.78 Å². The van der Waals surface area contributed by atoms with Gasteiger partial charge >= 0.3 is 0 Å². The first-order chi connectivity index (χ1) is 14.7. The molecule has 30 heavy (non-hydrogen) atoms. The van der Waals surface area contributed by atoms with Gasteiger partial charge in [-0.2, -0.15) is 4.98 Å². The van der Waals surface area contributed by atoms with E-state index >= 15 is 0 Å². The van der Waals surface area contributed by atoms with E-state index < -0.39 is 0 Å². The van der Waals surface area contributed by atoms with E-state index in [2.05, 4.69) is 20.6 Å². The van der Waals surface area contributed by atoms with Crippen LogP contribution in [-0.4, -0.2) is 44.1 Å². The lowest BCUT2D eigenvalue weighted by atomic mass is 10.0. The van der Waals surface area contributed by atoms with Gasteiger partial charge < -0.3 is 19.2 Å². The molecule has 9 heteroatoms. The van der Waals surface area contributed by atoms with Gasteiger partial charge in [-0.05, 0) is 36.2 Å². The maximum absolute atomic E-state index is 13.0. The highest BCUT2D eigenvalue weighted by molar-refractivity contribution is 5.84. The lowest BCUT2D eigenvalue weighted by molar-refractivity contribution is -0.135. The van der Waals surface area contributed by atoms with Crippen LogP contribution in [0.25, 0.3) is 11.5 Å². The average Bonchev–Trinajstić information content (AvgIpc) is 3.44. The number of amides is 1. The standard InChI is InChI=1S/C21H20N6O3/c1-29-15-7-5-14(6-8-15)17-12-18-21(28)26(10-11-27(18)24-17)13-19-23-20(25-30-19)16-4-2-3-9-22-16/h2-11,17-18,24H,12-13H2,1H3. The summed E-state index contributed by atoms with van der Waals surface area (Å²) in [5.41, 5.74) is 5.12. The minimum Gasteiger partial charge on any atom is -0.497 e. The van der Waals surface area contributed by atoms with E-state index in [0.717, 1.165) is 11.3 Å². The summed E-state index contributed by atoms with van der Waals surface area (Å²) >= 11 is 0. The van der Waals surface area contributed by atoms with Crippen molar-refractivity contribution in [2.75, 3.05) is 7.11 Å². The van der Waals surface area contributed by atoms with Crippen LogP contribution in [0.1, 0.15) is 23.9 Å². The van der Waals surface area contributed by atoms with Crippen LogP contribution in [0.5, 0.6) is 5.75 Å². The number of hydrogen-bond acceptors (Lipinski definition) is 8. The van der Waals surface area contributed by atoms with E-state index in [4.69, 9.17) is 9.26 Å². The number of carbonyl (C=O) groups is 1. The van der Waals surface area contributed by atoms with Gasteiger partial charge in [0.1, 0.15) is 24.0 Å². The Morgan fingerprint density at radius 1 is 1.20 bits per heavy atom. The van der Waals surface area contributed by atoms with Crippen LogP contribution in [0.4, 0.5) is 0 Å². The van der Waals surface area contributed by atoms with Crippen LogP contribution in [0, 0.1) is 0 Å². The number of rotatable bonds is 5. The number of nitrogens with one attached hydrogen (secondary N) is 1. The third kappa shape index (κ3) is 3.39. The molecule has 1 amide bonds. The van der Waals surface area contributed by atoms with E-state index in [1.54, 1.807) is 24.4 Å². The fraction of sp³-hybridized carbons (Fsp3) is 0.238. The number of aromatic nitrogens is 3. The van der Waals surface area contributed by atoms with Crippen LogP contribution in [-0.2, 0) is 11.3 Å². The summed E-state index contributed by atoms with van der Waals surface area (Å²) in [6.07, 6.45) is 5.93. The summed E-state index contributed by atoms with van der Waals surface area (Å²) in [6.45, 7) is 0.215. The first-order valence-electron chi connectivity index (χ1n) is 9.62. The average molecular weight is 404 g/mol. The minimum atomic E-state index is -0.291. The van der Waals surface area contributed by atoms with Gasteiger partial charge in [-0.15, -0.1) is 0 Å². The van der Waals surface area contributed by atoms with E-state index in [-0.39, 0.29) is 24.5 Å². The molecule has 4 heterocycles. The molecule has 0 radical (unpaired) electrons. The highest BCUT2D eigenvalue weighted by Crippen LogP contribution is 2.32. The Bertz CT molecular complexity index is 1070. The summed E-state index contributed by atoms with van der Waals surface area (Å²) in [6, 6.07) is 13.1. The molecule has 9 nitrogen and oxygen atoms in total. The molecule has 152 valence electrons. The molecule has 1 aromatic carbocycles. The molecule has 2 aliphatic rings. The Balaban J connectivity index is 1.27. The Morgan fingerprint density at radius 3 is 2.83 bits per heavy atom. The number of fused-ring (bicyclic) bond motifs is 1. The molecule has 0 aliphatic carbocycles. The van der Waals surface area contributed by atoms with Gasteiger partial charge in [-0.25, -0.2) is 5.43 Å². The summed E-state index contributed by atoms with van der Waals surface area (Å²) in [7, 11) is 1.64. The van der Waals surface area contributed by atoms with E-state index in [1.807, 2.05) is 53.7 Å². The normalized spacial score (nSPS) is 20.5. The van der Waals surface area contributed by atoms with Crippen molar-refractivity contribution in [1.29, 1.82) is 0 Å². The Kier molecular flexibility index (Phi) is 4.64. The Morgan fingerprint density at radius 2 is 2.07 bits per heavy atom. The second-order valence-corrected chi connectivity index (χ2v) is 7.10. The van der Waals surface area contributed by atoms with Crippen LogP contribution in [0.15, 0.2) is 65.6 Å². The zero-order valence-corrected chi connectivity index (χ0v) is 16.3. The molecule has 2 aromatic heterocycles. The number of methoxy groups -OCH3 is 1. The molecule has 1 N–H and O–H groups in total. The molecule has 2 unspecified atom stereocenters. The molecular formula is C21H20N6O3. The number of pyridine rings is 1. The minimum absolute atomic E-state index is 0.0152. The van der Waals surface area contributed by atoms with Crippen molar-refractivity contribution in [3.63, 3.8) is 0 Å². The maximum atomic E-state index is 13.0. The number of carbonyl (C=O) groups excluding carboxylic acids is 1. The van der Waals surface area contributed by atoms with Crippen molar-refractivity contribution in [2.45, 2.75) is 25.0 Å². The smallest absolute Gasteiger partial charge is 0.251 e. The number of nitrogens with zero attached hydrogens (tertiary/aromatic N) is 5. The van der Waals surface area contributed by atoms with E-state index in [0.29, 0.717) is 23.8 Å². The summed E-state index contributed by atoms with van der Waals surface area (Å²) in [4.78, 5) is 23.2. The predicted molar refractivity (Wildman–Crippen MR) is 106 cm³/mol. The predicted octanol–water partition coefficient (Wildman–Crippen LogP) is 2.27. The fourth-order valence-corrected chi connectivity index (χ4v) is 3.68. The molecule has 1 saturated heterocycles. The molecule has 2 atom stereocenters. The van der Waals surface area contributed by atoms with Crippen molar-refractivity contribution in [3.8, 4) is 17.3 Å². The van der Waals surface area contributed by atoms with Gasteiger partial charge in [0.25, 0.3) is 5.91 Å². The Hall–Kier alpha value is -3.72. The lowest BCUT2D eigenvalue weighted by Gasteiger charge is -2.30. The number of ether oxygens (including phenoxy) is 1. The molecule has 2 aliphatic heterocycles. The third-order valence-electron chi connectivity index (χ3n) is 5.26. The van der Waals surface area contributed by atoms with Gasteiger partial charge in [-0.1, -0.05) is 23.4 Å². The Labute approximate surface area is 172 Å². The van der Waals surface area contributed by atoms with Gasteiger partial charge in [0, 0.05) is 18.6 Å². The zero-order valence-electron chi connectivity index (χ0n) is 16.3. The van der Waals surface area contributed by atoms with Crippen LogP contribution < -0.4 is 10.2 Å². The van der Waals surface area contributed by atoms with Gasteiger partial charge in [0.2, 0.25) is 11.7 Å². The highest BCUT2D eigenvalue weighted by Gasteiger charge is 2.40. The number of hydrogen-bond donors (Lipinski definition) is 1. The summed E-state index contributed by atoms with van der Waals surface area (Å²) in [5.74, 6) is 1.56. The first kappa shape index (κ1) is 18.3. The monoisotopic (exact) mass is 404 g/mol. The van der Waals surface area contributed by atoms with E-state index in [9.17, 15) is 4.79 Å². The topological polar surface area (TPSA) is 96.6 Å². The SMILES string of the molecule is COc1ccc(C2CC3C(=O)N(Cc4nc(-c5ccccn5)no4)C=CN3N2)cc1. The van der Waals surface area contributed by atoms with Crippen LogP contribution in [0.2, 0.25) is 0 Å². The van der Waals surface area contributed by atoms with E-state index in [1.165, 1.54) is 0 Å². The first-order valence-corrected chi connectivity index (χ1v) is 9.62. The highest BCUT2D eigenvalue weighted by atomic mass is 16.5. The molecule has 0 spiro atoms. The van der Waals surface area contributed by atoms with Crippen LogP contribution >= 0.6 is 0 Å². The van der Waals surface area contributed by atoms with Gasteiger partial charge in [0.15, 0.2) is 0 Å². The largest absolute Gasteiger partial charge is 0.497 e. The maximum Gasteiger partial charge on any atom is 0.251 e. The van der Waals surface area contributed by atoms with Crippen molar-refractivity contribution in [3.05, 3.63) is 72.5 Å². The van der Waals surface area contributed by atoms with Crippen LogP contribution in [0.3, 0.4) is 0 Å². The van der Waals surface area contributed by atoms with Crippen molar-refractivity contribution in [2.24, 2.45) is 0 Å². The second-order valence-electron chi connectivity index (χ2n) is 7.10. The molecule has 0 bridgehead atoms. The second kappa shape index (κ2) is 7.60. The van der Waals surface area contributed by atoms with Crippen molar-refractivity contribution < 1.29 is 14.1 Å². The molecule has 3 aromatic rings. The van der Waals surface area contributed by atoms with Crippen molar-refractivity contribution in [1.82, 2.24) is 30.5 Å².